The maximum absolute atomic E-state index is 12.1. The van der Waals surface area contributed by atoms with Gasteiger partial charge < -0.3 is 15.2 Å². The highest BCUT2D eigenvalue weighted by atomic mass is 32.1. The second-order valence-corrected chi connectivity index (χ2v) is 6.95. The van der Waals surface area contributed by atoms with Crippen LogP contribution in [0.3, 0.4) is 0 Å². The number of carbonyl (C=O) groups is 1. The number of hydrogen-bond acceptors (Lipinski definition) is 5. The van der Waals surface area contributed by atoms with Crippen molar-refractivity contribution in [1.29, 1.82) is 0 Å². The first-order chi connectivity index (χ1) is 11.6. The highest BCUT2D eigenvalue weighted by Crippen LogP contribution is 2.22. The van der Waals surface area contributed by atoms with Gasteiger partial charge in [0.15, 0.2) is 0 Å². The first-order valence-electron chi connectivity index (χ1n) is 7.67. The SMILES string of the molecule is CN1CC(C(=O)Nc2ccc(-c3nc4ccsc4c(=O)[nH]3)cc2)C1. The molecule has 2 N–H and O–H groups in total. The van der Waals surface area contributed by atoms with Crippen LogP contribution in [0.5, 0.6) is 0 Å². The number of aromatic nitrogens is 2. The minimum Gasteiger partial charge on any atom is -0.326 e. The van der Waals surface area contributed by atoms with Gasteiger partial charge in [0.25, 0.3) is 5.56 Å². The van der Waals surface area contributed by atoms with E-state index in [2.05, 4.69) is 20.2 Å². The lowest BCUT2D eigenvalue weighted by Crippen LogP contribution is -2.49. The molecular weight excluding hydrogens is 324 g/mol. The number of fused-ring (bicyclic) bond motifs is 1. The van der Waals surface area contributed by atoms with Crippen LogP contribution in [-0.2, 0) is 4.79 Å². The molecule has 1 aliphatic heterocycles. The molecule has 0 saturated carbocycles. The lowest BCUT2D eigenvalue weighted by atomic mass is 10.0. The van der Waals surface area contributed by atoms with Crippen LogP contribution in [0.25, 0.3) is 21.6 Å². The van der Waals surface area contributed by atoms with Gasteiger partial charge >= 0.3 is 0 Å². The van der Waals surface area contributed by atoms with Crippen molar-refractivity contribution >= 4 is 33.1 Å². The molecule has 2 aromatic heterocycles. The number of hydrogen-bond donors (Lipinski definition) is 2. The summed E-state index contributed by atoms with van der Waals surface area (Å²) in [7, 11) is 2.00. The smallest absolute Gasteiger partial charge is 0.269 e. The second-order valence-electron chi connectivity index (χ2n) is 6.03. The van der Waals surface area contributed by atoms with Crippen molar-refractivity contribution in [2.24, 2.45) is 5.92 Å². The molecule has 0 atom stereocenters. The molecule has 122 valence electrons. The third kappa shape index (κ3) is 2.72. The molecule has 0 spiro atoms. The van der Waals surface area contributed by atoms with E-state index in [4.69, 9.17) is 0 Å². The predicted molar refractivity (Wildman–Crippen MR) is 95.3 cm³/mol. The topological polar surface area (TPSA) is 78.1 Å². The standard InChI is InChI=1S/C17H16N4O2S/c1-21-8-11(9-21)16(22)18-12-4-2-10(3-5-12)15-19-13-6-7-24-14(13)17(23)20-15/h2-7,11H,8-9H2,1H3,(H,18,22)(H,19,20,23). The van der Waals surface area contributed by atoms with E-state index in [1.54, 1.807) is 0 Å². The summed E-state index contributed by atoms with van der Waals surface area (Å²) in [5.41, 5.74) is 2.13. The Morgan fingerprint density at radius 2 is 2.04 bits per heavy atom. The van der Waals surface area contributed by atoms with E-state index in [-0.39, 0.29) is 17.4 Å². The Labute approximate surface area is 142 Å². The number of H-pyrrole nitrogens is 1. The summed E-state index contributed by atoms with van der Waals surface area (Å²) in [6.07, 6.45) is 0. The van der Waals surface area contributed by atoms with Crippen LogP contribution < -0.4 is 10.9 Å². The summed E-state index contributed by atoms with van der Waals surface area (Å²) in [6.45, 7) is 1.60. The molecule has 1 saturated heterocycles. The van der Waals surface area contributed by atoms with E-state index < -0.39 is 0 Å². The van der Waals surface area contributed by atoms with E-state index >= 15 is 0 Å². The number of carbonyl (C=O) groups excluding carboxylic acids is 1. The van der Waals surface area contributed by atoms with Crippen molar-refractivity contribution < 1.29 is 4.79 Å². The number of benzene rings is 1. The number of rotatable bonds is 3. The maximum atomic E-state index is 12.1. The molecule has 0 unspecified atom stereocenters. The molecular formula is C17H16N4O2S. The number of thiophene rings is 1. The fraction of sp³-hybridized carbons (Fsp3) is 0.235. The normalized spacial score (nSPS) is 15.4. The maximum Gasteiger partial charge on any atom is 0.269 e. The zero-order valence-electron chi connectivity index (χ0n) is 13.1. The summed E-state index contributed by atoms with van der Waals surface area (Å²) in [5.74, 6) is 0.644. The average Bonchev–Trinajstić information content (AvgIpc) is 3.01. The van der Waals surface area contributed by atoms with Crippen LogP contribution in [0.1, 0.15) is 0 Å². The first kappa shape index (κ1) is 15.0. The van der Waals surface area contributed by atoms with Crippen LogP contribution in [-0.4, -0.2) is 40.9 Å². The van der Waals surface area contributed by atoms with Gasteiger partial charge in [-0.1, -0.05) is 0 Å². The van der Waals surface area contributed by atoms with Crippen LogP contribution in [0, 0.1) is 5.92 Å². The van der Waals surface area contributed by atoms with E-state index in [0.29, 0.717) is 16.0 Å². The van der Waals surface area contributed by atoms with Crippen LogP contribution in [0.4, 0.5) is 5.69 Å². The molecule has 24 heavy (non-hydrogen) atoms. The molecule has 0 bridgehead atoms. The van der Waals surface area contributed by atoms with Crippen molar-refractivity contribution in [2.45, 2.75) is 0 Å². The Balaban J connectivity index is 1.54. The van der Waals surface area contributed by atoms with Crippen LogP contribution in [0.2, 0.25) is 0 Å². The van der Waals surface area contributed by atoms with Crippen molar-refractivity contribution in [3.8, 4) is 11.4 Å². The molecule has 1 amide bonds. The van der Waals surface area contributed by atoms with Crippen LogP contribution in [0.15, 0.2) is 40.5 Å². The Kier molecular flexibility index (Phi) is 3.66. The second kappa shape index (κ2) is 5.85. The number of aromatic amines is 1. The minimum atomic E-state index is -0.128. The Bertz CT molecular complexity index is 955. The molecule has 3 heterocycles. The van der Waals surface area contributed by atoms with Gasteiger partial charge in [0.1, 0.15) is 10.5 Å². The van der Waals surface area contributed by atoms with Crippen molar-refractivity contribution in [3.63, 3.8) is 0 Å². The number of amides is 1. The summed E-state index contributed by atoms with van der Waals surface area (Å²) < 4.78 is 0.632. The van der Waals surface area contributed by atoms with Gasteiger partial charge in [0, 0.05) is 24.3 Å². The lowest BCUT2D eigenvalue weighted by Gasteiger charge is -2.34. The summed E-state index contributed by atoms with van der Waals surface area (Å²) in [4.78, 5) is 33.5. The van der Waals surface area contributed by atoms with E-state index in [1.165, 1.54) is 11.3 Å². The molecule has 1 aromatic carbocycles. The average molecular weight is 340 g/mol. The van der Waals surface area contributed by atoms with E-state index in [9.17, 15) is 9.59 Å². The van der Waals surface area contributed by atoms with Gasteiger partial charge in [0.2, 0.25) is 5.91 Å². The van der Waals surface area contributed by atoms with Gasteiger partial charge in [0.05, 0.1) is 11.4 Å². The zero-order valence-corrected chi connectivity index (χ0v) is 13.9. The first-order valence-corrected chi connectivity index (χ1v) is 8.55. The molecule has 3 aromatic rings. The summed E-state index contributed by atoms with van der Waals surface area (Å²) >= 11 is 1.38. The number of nitrogens with one attached hydrogen (secondary N) is 2. The number of anilines is 1. The monoisotopic (exact) mass is 340 g/mol. The van der Waals surface area contributed by atoms with Gasteiger partial charge in [-0.25, -0.2) is 4.98 Å². The minimum absolute atomic E-state index is 0.0482. The zero-order chi connectivity index (χ0) is 16.7. The van der Waals surface area contributed by atoms with E-state index in [0.717, 1.165) is 24.3 Å². The van der Waals surface area contributed by atoms with Gasteiger partial charge in [-0.05, 0) is 42.8 Å². The Hall–Kier alpha value is -2.51. The third-order valence-electron chi connectivity index (χ3n) is 4.18. The largest absolute Gasteiger partial charge is 0.326 e. The fourth-order valence-electron chi connectivity index (χ4n) is 2.83. The molecule has 1 aliphatic rings. The molecule has 0 aliphatic carbocycles. The molecule has 1 fully saturated rings. The molecule has 6 nitrogen and oxygen atoms in total. The van der Waals surface area contributed by atoms with Gasteiger partial charge in [-0.15, -0.1) is 11.3 Å². The summed E-state index contributed by atoms with van der Waals surface area (Å²) in [6, 6.07) is 9.18. The van der Waals surface area contributed by atoms with Crippen molar-refractivity contribution in [1.82, 2.24) is 14.9 Å². The highest BCUT2D eigenvalue weighted by molar-refractivity contribution is 7.17. The molecule has 0 radical (unpaired) electrons. The third-order valence-corrected chi connectivity index (χ3v) is 5.08. The number of likely N-dealkylation sites (tertiary alicyclic amines) is 1. The van der Waals surface area contributed by atoms with Crippen molar-refractivity contribution in [3.05, 3.63) is 46.1 Å². The Morgan fingerprint density at radius 1 is 1.29 bits per heavy atom. The van der Waals surface area contributed by atoms with E-state index in [1.807, 2.05) is 42.8 Å². The molecule has 4 rings (SSSR count). The highest BCUT2D eigenvalue weighted by Gasteiger charge is 2.29. The van der Waals surface area contributed by atoms with Crippen molar-refractivity contribution in [2.75, 3.05) is 25.5 Å². The quantitative estimate of drug-likeness (QED) is 0.766. The number of nitrogens with zero attached hydrogens (tertiary/aromatic N) is 2. The van der Waals surface area contributed by atoms with Gasteiger partial charge in [-0.2, -0.15) is 0 Å². The fourth-order valence-corrected chi connectivity index (χ4v) is 3.56. The summed E-state index contributed by atoms with van der Waals surface area (Å²) in [5, 5.41) is 4.78. The predicted octanol–water partition coefficient (Wildman–Crippen LogP) is 2.15. The molecule has 7 heteroatoms. The lowest BCUT2D eigenvalue weighted by molar-refractivity contribution is -0.124. The Morgan fingerprint density at radius 3 is 2.75 bits per heavy atom. The van der Waals surface area contributed by atoms with Crippen LogP contribution >= 0.6 is 11.3 Å². The van der Waals surface area contributed by atoms with Gasteiger partial charge in [-0.3, -0.25) is 9.59 Å².